The van der Waals surface area contributed by atoms with Crippen LogP contribution in [0, 0.1) is 13.8 Å². The Bertz CT molecular complexity index is 951. The molecular weight excluding hydrogens is 380 g/mol. The normalized spacial score (nSPS) is 10.7. The first-order chi connectivity index (χ1) is 13.0. The van der Waals surface area contributed by atoms with Crippen molar-refractivity contribution in [3.8, 4) is 5.75 Å². The molecule has 0 saturated heterocycles. The zero-order valence-corrected chi connectivity index (χ0v) is 17.1. The minimum Gasteiger partial charge on any atom is -0.486 e. The van der Waals surface area contributed by atoms with Gasteiger partial charge in [0.1, 0.15) is 22.2 Å². The second-order valence-corrected chi connectivity index (χ2v) is 7.70. The van der Waals surface area contributed by atoms with E-state index in [1.54, 1.807) is 24.3 Å². The Morgan fingerprint density at radius 1 is 1.19 bits per heavy atom. The van der Waals surface area contributed by atoms with Gasteiger partial charge < -0.3 is 10.1 Å². The van der Waals surface area contributed by atoms with E-state index in [1.807, 2.05) is 32.0 Å². The molecule has 0 radical (unpaired) electrons. The van der Waals surface area contributed by atoms with Gasteiger partial charge in [0.2, 0.25) is 0 Å². The maximum Gasteiger partial charge on any atom is 0.267 e. The predicted octanol–water partition coefficient (Wildman–Crippen LogP) is 5.81. The Kier molecular flexibility index (Phi) is 6.14. The van der Waals surface area contributed by atoms with E-state index in [2.05, 4.69) is 17.2 Å². The van der Waals surface area contributed by atoms with Crippen molar-refractivity contribution in [1.29, 1.82) is 0 Å². The fourth-order valence-corrected chi connectivity index (χ4v) is 3.77. The van der Waals surface area contributed by atoms with Crippen molar-refractivity contribution in [2.45, 2.75) is 33.8 Å². The van der Waals surface area contributed by atoms with Crippen LogP contribution in [0.3, 0.4) is 0 Å². The molecule has 27 heavy (non-hydrogen) atoms. The Morgan fingerprint density at radius 2 is 1.93 bits per heavy atom. The molecule has 0 aliphatic carbocycles. The summed E-state index contributed by atoms with van der Waals surface area (Å²) in [6.07, 6.45) is 0.860. The Morgan fingerprint density at radius 3 is 2.63 bits per heavy atom. The highest BCUT2D eigenvalue weighted by Gasteiger charge is 2.17. The maximum absolute atomic E-state index is 12.8. The number of hydrogen-bond donors (Lipinski definition) is 1. The molecular formula is C21H21ClN2O2S. The number of aryl methyl sites for hydroxylation is 3. The van der Waals surface area contributed by atoms with Gasteiger partial charge in [0.05, 0.1) is 5.69 Å². The lowest BCUT2D eigenvalue weighted by molar-refractivity contribution is 0.102. The fourth-order valence-electron chi connectivity index (χ4n) is 2.77. The van der Waals surface area contributed by atoms with Gasteiger partial charge in [-0.25, -0.2) is 4.98 Å². The van der Waals surface area contributed by atoms with Crippen LogP contribution in [0.1, 0.15) is 38.4 Å². The minimum atomic E-state index is -0.133. The van der Waals surface area contributed by atoms with Gasteiger partial charge in [-0.15, -0.1) is 11.3 Å². The number of carbonyl (C=O) groups is 1. The number of aromatic nitrogens is 1. The van der Waals surface area contributed by atoms with Gasteiger partial charge in [-0.05, 0) is 55.7 Å². The van der Waals surface area contributed by atoms with Crippen molar-refractivity contribution < 1.29 is 9.53 Å². The highest BCUT2D eigenvalue weighted by atomic mass is 35.5. The average Bonchev–Trinajstić information content (AvgIpc) is 3.03. The van der Waals surface area contributed by atoms with Crippen LogP contribution in [-0.2, 0) is 13.0 Å². The third-order valence-corrected chi connectivity index (χ3v) is 5.58. The van der Waals surface area contributed by atoms with Crippen molar-refractivity contribution in [2.75, 3.05) is 5.32 Å². The van der Waals surface area contributed by atoms with Crippen LogP contribution in [0.5, 0.6) is 5.75 Å². The van der Waals surface area contributed by atoms with E-state index in [0.717, 1.165) is 28.2 Å². The molecule has 0 aliphatic heterocycles. The first-order valence-electron chi connectivity index (χ1n) is 8.72. The van der Waals surface area contributed by atoms with E-state index in [9.17, 15) is 4.79 Å². The topological polar surface area (TPSA) is 51.2 Å². The zero-order valence-electron chi connectivity index (χ0n) is 15.5. The van der Waals surface area contributed by atoms with Crippen LogP contribution in [0.4, 0.5) is 5.69 Å². The van der Waals surface area contributed by atoms with Gasteiger partial charge in [0.15, 0.2) is 0 Å². The second-order valence-electron chi connectivity index (χ2n) is 6.18. The highest BCUT2D eigenvalue weighted by molar-refractivity contribution is 7.13. The molecule has 1 aromatic heterocycles. The van der Waals surface area contributed by atoms with Gasteiger partial charge in [-0.2, -0.15) is 0 Å². The summed E-state index contributed by atoms with van der Waals surface area (Å²) >= 11 is 7.23. The molecule has 3 aromatic rings. The Hall–Kier alpha value is -2.37. The van der Waals surface area contributed by atoms with Gasteiger partial charge in [0.25, 0.3) is 5.91 Å². The van der Waals surface area contributed by atoms with Crippen LogP contribution in [0.2, 0.25) is 5.02 Å². The van der Waals surface area contributed by atoms with E-state index in [4.69, 9.17) is 16.3 Å². The molecule has 6 heteroatoms. The lowest BCUT2D eigenvalue weighted by Crippen LogP contribution is -2.14. The lowest BCUT2D eigenvalue weighted by Gasteiger charge is -2.12. The van der Waals surface area contributed by atoms with Gasteiger partial charge in [0, 0.05) is 10.7 Å². The molecule has 0 aliphatic rings. The van der Waals surface area contributed by atoms with Crippen LogP contribution in [0.25, 0.3) is 0 Å². The van der Waals surface area contributed by atoms with Crippen LogP contribution >= 0.6 is 22.9 Å². The van der Waals surface area contributed by atoms with Crippen molar-refractivity contribution in [3.63, 3.8) is 0 Å². The minimum absolute atomic E-state index is 0.133. The smallest absolute Gasteiger partial charge is 0.267 e. The molecule has 3 rings (SSSR count). The molecule has 0 bridgehead atoms. The fraction of sp³-hybridized carbons (Fsp3) is 0.238. The number of anilines is 1. The molecule has 1 N–H and O–H groups in total. The number of hydrogen-bond acceptors (Lipinski definition) is 4. The predicted molar refractivity (Wildman–Crippen MR) is 111 cm³/mol. The van der Waals surface area contributed by atoms with Gasteiger partial charge in [-0.3, -0.25) is 4.79 Å². The Labute approximate surface area is 168 Å². The summed E-state index contributed by atoms with van der Waals surface area (Å²) in [5, 5.41) is 4.47. The van der Waals surface area contributed by atoms with Crippen molar-refractivity contribution >= 4 is 34.5 Å². The van der Waals surface area contributed by atoms with Crippen LogP contribution in [0.15, 0.2) is 42.5 Å². The first kappa shape index (κ1) is 19.4. The number of benzene rings is 2. The quantitative estimate of drug-likeness (QED) is 0.568. The van der Waals surface area contributed by atoms with Crippen LogP contribution < -0.4 is 10.1 Å². The van der Waals surface area contributed by atoms with Gasteiger partial charge >= 0.3 is 0 Å². The van der Waals surface area contributed by atoms with E-state index in [0.29, 0.717) is 28.0 Å². The van der Waals surface area contributed by atoms with E-state index < -0.39 is 0 Å². The molecule has 0 saturated carbocycles. The number of rotatable bonds is 6. The molecule has 1 heterocycles. The van der Waals surface area contributed by atoms with Crippen LogP contribution in [-0.4, -0.2) is 10.9 Å². The second kappa shape index (κ2) is 8.55. The summed E-state index contributed by atoms with van der Waals surface area (Å²) in [5.41, 5.74) is 3.77. The summed E-state index contributed by atoms with van der Waals surface area (Å²) < 4.78 is 5.73. The maximum atomic E-state index is 12.8. The number of nitrogens with one attached hydrogen (secondary N) is 1. The summed E-state index contributed by atoms with van der Waals surface area (Å²) in [5.74, 6) is 0.581. The molecule has 0 unspecified atom stereocenters. The third kappa shape index (κ3) is 4.67. The van der Waals surface area contributed by atoms with Crippen molar-refractivity contribution in [2.24, 2.45) is 0 Å². The monoisotopic (exact) mass is 400 g/mol. The largest absolute Gasteiger partial charge is 0.486 e. The standard InChI is InChI=1S/C21H21ClN2O2S/c1-4-15-7-5-6-13(2)19(15)24-21(25)20-14(3)23-18(27-20)12-26-17-10-8-16(22)9-11-17/h5-11H,4,12H2,1-3H3,(H,24,25). The molecule has 1 amide bonds. The molecule has 0 spiro atoms. The van der Waals surface area contributed by atoms with E-state index in [-0.39, 0.29) is 5.91 Å². The molecule has 0 atom stereocenters. The van der Waals surface area contributed by atoms with Crippen molar-refractivity contribution in [1.82, 2.24) is 4.98 Å². The van der Waals surface area contributed by atoms with E-state index in [1.165, 1.54) is 11.3 Å². The molecule has 2 aromatic carbocycles. The summed E-state index contributed by atoms with van der Waals surface area (Å²) in [6.45, 7) is 6.23. The molecule has 4 nitrogen and oxygen atoms in total. The average molecular weight is 401 g/mol. The number of para-hydroxylation sites is 1. The number of thiazole rings is 1. The Balaban J connectivity index is 1.72. The van der Waals surface area contributed by atoms with E-state index >= 15 is 0 Å². The number of amides is 1. The number of ether oxygens (including phenoxy) is 1. The molecule has 0 fully saturated rings. The highest BCUT2D eigenvalue weighted by Crippen LogP contribution is 2.25. The van der Waals surface area contributed by atoms with Crippen molar-refractivity contribution in [3.05, 3.63) is 74.2 Å². The zero-order chi connectivity index (χ0) is 19.4. The third-order valence-electron chi connectivity index (χ3n) is 4.20. The summed E-state index contributed by atoms with van der Waals surface area (Å²) in [7, 11) is 0. The van der Waals surface area contributed by atoms with Gasteiger partial charge in [-0.1, -0.05) is 36.7 Å². The number of nitrogens with zero attached hydrogens (tertiary/aromatic N) is 1. The first-order valence-corrected chi connectivity index (χ1v) is 9.92. The summed E-state index contributed by atoms with van der Waals surface area (Å²) in [4.78, 5) is 17.9. The summed E-state index contributed by atoms with van der Waals surface area (Å²) in [6, 6.07) is 13.2. The molecule has 140 valence electrons. The SMILES string of the molecule is CCc1cccc(C)c1NC(=O)c1sc(COc2ccc(Cl)cc2)nc1C. The number of carbonyl (C=O) groups excluding carboxylic acids is 1. The number of halogens is 1. The lowest BCUT2D eigenvalue weighted by atomic mass is 10.1.